The predicted molar refractivity (Wildman–Crippen MR) is 122 cm³/mol. The summed E-state index contributed by atoms with van der Waals surface area (Å²) >= 11 is 0. The van der Waals surface area contributed by atoms with Gasteiger partial charge in [0, 0.05) is 45.9 Å². The fourth-order valence-corrected chi connectivity index (χ4v) is 3.69. The van der Waals surface area contributed by atoms with E-state index < -0.39 is 4.92 Å². The highest BCUT2D eigenvalue weighted by molar-refractivity contribution is 6.33. The molecule has 0 aliphatic heterocycles. The largest absolute Gasteiger partial charge is 0.360 e. The topological polar surface area (TPSA) is 87.6 Å². The fraction of sp³-hybridized carbons (Fsp3) is 0. The summed E-state index contributed by atoms with van der Waals surface area (Å²) in [4.78, 5) is 22.3. The lowest BCUT2D eigenvalue weighted by atomic mass is 9.94. The van der Waals surface area contributed by atoms with Gasteiger partial charge in [-0.2, -0.15) is 0 Å². The molecule has 0 saturated carbocycles. The van der Waals surface area contributed by atoms with Gasteiger partial charge in [-0.05, 0) is 18.2 Å². The van der Waals surface area contributed by atoms with Crippen LogP contribution in [-0.2, 0) is 0 Å². The van der Waals surface area contributed by atoms with E-state index in [4.69, 9.17) is 4.98 Å². The first-order chi connectivity index (χ1) is 14.6. The van der Waals surface area contributed by atoms with Gasteiger partial charge in [0.05, 0.1) is 16.3 Å². The summed E-state index contributed by atoms with van der Waals surface area (Å²) in [5.41, 5.74) is 6.72. The molecule has 0 saturated heterocycles. The minimum absolute atomic E-state index is 0.0619. The molecule has 6 nitrogen and oxygen atoms in total. The van der Waals surface area contributed by atoms with Crippen LogP contribution in [0.1, 0.15) is 0 Å². The highest BCUT2D eigenvalue weighted by Crippen LogP contribution is 2.35. The minimum Gasteiger partial charge on any atom is -0.360 e. The van der Waals surface area contributed by atoms with Gasteiger partial charge >= 0.3 is 0 Å². The van der Waals surface area contributed by atoms with Gasteiger partial charge in [0.1, 0.15) is 13.7 Å². The molecule has 0 atom stereocenters. The molecule has 7 heteroatoms. The van der Waals surface area contributed by atoms with E-state index in [9.17, 15) is 10.1 Å². The smallest absolute Gasteiger partial charge is 0.269 e. The Bertz CT molecular complexity index is 1370. The Balaban J connectivity index is 1.70. The lowest BCUT2D eigenvalue weighted by Gasteiger charge is -2.03. The van der Waals surface area contributed by atoms with Crippen LogP contribution in [0.3, 0.4) is 0 Å². The molecule has 5 rings (SSSR count). The summed E-state index contributed by atoms with van der Waals surface area (Å²) in [7, 11) is 2.07. The number of aromatic nitrogens is 3. The van der Waals surface area contributed by atoms with Crippen LogP contribution in [0.4, 0.5) is 5.69 Å². The third kappa shape index (κ3) is 3.06. The maximum atomic E-state index is 11.0. The molecule has 3 aromatic carbocycles. The Kier molecular flexibility index (Phi) is 4.21. The van der Waals surface area contributed by atoms with E-state index in [2.05, 4.69) is 36.0 Å². The van der Waals surface area contributed by atoms with Gasteiger partial charge in [-0.3, -0.25) is 10.1 Å². The molecule has 2 heterocycles. The van der Waals surface area contributed by atoms with Crippen molar-refractivity contribution in [2.24, 2.45) is 0 Å². The third-order valence-electron chi connectivity index (χ3n) is 5.21. The number of fused-ring (bicyclic) bond motifs is 1. The summed E-state index contributed by atoms with van der Waals surface area (Å²) in [6.45, 7) is 0. The van der Waals surface area contributed by atoms with Gasteiger partial charge < -0.3 is 9.97 Å². The van der Waals surface area contributed by atoms with Crippen LogP contribution in [0, 0.1) is 10.1 Å². The van der Waals surface area contributed by atoms with Crippen molar-refractivity contribution in [2.75, 3.05) is 0 Å². The number of aromatic amines is 2. The van der Waals surface area contributed by atoms with Crippen molar-refractivity contribution in [2.45, 2.75) is 0 Å². The number of benzene rings is 3. The second-order valence-corrected chi connectivity index (χ2v) is 7.23. The van der Waals surface area contributed by atoms with Crippen LogP contribution in [0.25, 0.3) is 44.8 Å². The molecule has 144 valence electrons. The van der Waals surface area contributed by atoms with Gasteiger partial charge in [-0.25, -0.2) is 4.98 Å². The SMILES string of the molecule is Bc1ccc2[nH]cc(-c3nc(-c4ccccc4)c(-c4ccc([N+](=O)[O-])cc4)[nH]3)c2c1. The minimum atomic E-state index is -0.394. The van der Waals surface area contributed by atoms with Crippen LogP contribution in [0.2, 0.25) is 0 Å². The summed E-state index contributed by atoms with van der Waals surface area (Å²) in [5.74, 6) is 0.749. The lowest BCUT2D eigenvalue weighted by molar-refractivity contribution is -0.384. The first-order valence-electron chi connectivity index (χ1n) is 9.58. The van der Waals surface area contributed by atoms with E-state index in [0.717, 1.165) is 44.8 Å². The Labute approximate surface area is 173 Å². The van der Waals surface area contributed by atoms with Crippen molar-refractivity contribution in [1.82, 2.24) is 15.0 Å². The Morgan fingerprint density at radius 1 is 0.933 bits per heavy atom. The molecule has 5 aromatic rings. The molecule has 0 amide bonds. The molecule has 0 unspecified atom stereocenters. The summed E-state index contributed by atoms with van der Waals surface area (Å²) in [6, 6.07) is 22.7. The second-order valence-electron chi connectivity index (χ2n) is 7.23. The van der Waals surface area contributed by atoms with Crippen molar-refractivity contribution in [1.29, 1.82) is 0 Å². The number of non-ortho nitro benzene ring substituents is 1. The number of nitrogens with zero attached hydrogens (tertiary/aromatic N) is 2. The molecule has 2 N–H and O–H groups in total. The predicted octanol–water partition coefficient (Wildman–Crippen LogP) is 4.06. The zero-order valence-corrected chi connectivity index (χ0v) is 16.2. The average molecular weight is 392 g/mol. The summed E-state index contributed by atoms with van der Waals surface area (Å²) < 4.78 is 0. The normalized spacial score (nSPS) is 11.1. The van der Waals surface area contributed by atoms with Crippen molar-refractivity contribution in [3.63, 3.8) is 0 Å². The Hall–Kier alpha value is -4.13. The van der Waals surface area contributed by atoms with Gasteiger partial charge in [0.2, 0.25) is 0 Å². The van der Waals surface area contributed by atoms with Crippen LogP contribution < -0.4 is 5.46 Å². The van der Waals surface area contributed by atoms with Crippen molar-refractivity contribution in [3.8, 4) is 33.9 Å². The van der Waals surface area contributed by atoms with E-state index in [1.807, 2.05) is 36.5 Å². The van der Waals surface area contributed by atoms with Crippen molar-refractivity contribution < 1.29 is 4.92 Å². The van der Waals surface area contributed by atoms with E-state index in [0.29, 0.717) is 0 Å². The molecule has 0 spiro atoms. The molecule has 0 aliphatic rings. The highest BCUT2D eigenvalue weighted by atomic mass is 16.6. The molecule has 0 bridgehead atoms. The van der Waals surface area contributed by atoms with Gasteiger partial charge in [0.25, 0.3) is 5.69 Å². The molecule has 2 aromatic heterocycles. The number of H-pyrrole nitrogens is 2. The second kappa shape index (κ2) is 7.04. The molecule has 30 heavy (non-hydrogen) atoms. The maximum absolute atomic E-state index is 11.0. The zero-order valence-electron chi connectivity index (χ0n) is 16.2. The van der Waals surface area contributed by atoms with E-state index in [1.54, 1.807) is 12.1 Å². The fourth-order valence-electron chi connectivity index (χ4n) is 3.69. The Morgan fingerprint density at radius 2 is 1.70 bits per heavy atom. The molecule has 0 fully saturated rings. The lowest BCUT2D eigenvalue weighted by Crippen LogP contribution is -1.99. The van der Waals surface area contributed by atoms with Crippen molar-refractivity contribution in [3.05, 3.63) is 89.1 Å². The first kappa shape index (κ1) is 17.9. The van der Waals surface area contributed by atoms with Crippen LogP contribution in [0.5, 0.6) is 0 Å². The number of hydrogen-bond donors (Lipinski definition) is 2. The molecular formula is C23H17BN4O2. The van der Waals surface area contributed by atoms with Gasteiger partial charge in [-0.1, -0.05) is 47.9 Å². The van der Waals surface area contributed by atoms with Crippen LogP contribution in [-0.4, -0.2) is 27.7 Å². The first-order valence-corrected chi connectivity index (χ1v) is 9.58. The average Bonchev–Trinajstić information content (AvgIpc) is 3.38. The molecule has 0 aliphatic carbocycles. The van der Waals surface area contributed by atoms with Gasteiger partial charge in [-0.15, -0.1) is 0 Å². The van der Waals surface area contributed by atoms with E-state index >= 15 is 0 Å². The quantitative estimate of drug-likeness (QED) is 0.275. The third-order valence-corrected chi connectivity index (χ3v) is 5.21. The molecular weight excluding hydrogens is 375 g/mol. The number of nitro groups is 1. The van der Waals surface area contributed by atoms with Gasteiger partial charge in [0.15, 0.2) is 0 Å². The number of nitro benzene ring substituents is 1. The molecule has 0 radical (unpaired) electrons. The maximum Gasteiger partial charge on any atom is 0.269 e. The number of rotatable bonds is 4. The van der Waals surface area contributed by atoms with E-state index in [1.165, 1.54) is 17.6 Å². The number of imidazole rings is 1. The summed E-state index contributed by atoms with van der Waals surface area (Å²) in [6.07, 6.45) is 1.96. The highest BCUT2D eigenvalue weighted by Gasteiger charge is 2.18. The standard InChI is InChI=1S/C23H17BN4O2/c24-16-8-11-20-18(12-16)19(13-25-20)23-26-21(14-4-2-1-3-5-14)22(27-23)15-6-9-17(10-7-15)28(29)30/h1-13,25H,24H2,(H,26,27). The monoisotopic (exact) mass is 392 g/mol. The van der Waals surface area contributed by atoms with Crippen molar-refractivity contribution >= 4 is 29.9 Å². The van der Waals surface area contributed by atoms with Crippen LogP contribution >= 0.6 is 0 Å². The van der Waals surface area contributed by atoms with Crippen LogP contribution in [0.15, 0.2) is 79.0 Å². The Morgan fingerprint density at radius 3 is 2.43 bits per heavy atom. The number of hydrogen-bond acceptors (Lipinski definition) is 3. The number of nitrogens with one attached hydrogen (secondary N) is 2. The zero-order chi connectivity index (χ0) is 20.7. The van der Waals surface area contributed by atoms with E-state index in [-0.39, 0.29) is 5.69 Å². The summed E-state index contributed by atoms with van der Waals surface area (Å²) in [5, 5.41) is 12.1.